The van der Waals surface area contributed by atoms with Crippen LogP contribution < -0.4 is 10.2 Å². The van der Waals surface area contributed by atoms with Gasteiger partial charge in [-0.15, -0.1) is 11.3 Å². The van der Waals surface area contributed by atoms with Crippen LogP contribution in [0.1, 0.15) is 30.2 Å². The normalized spacial score (nSPS) is 21.2. The van der Waals surface area contributed by atoms with Crippen molar-refractivity contribution < 1.29 is 0 Å². The van der Waals surface area contributed by atoms with E-state index in [0.717, 1.165) is 36.7 Å². The van der Waals surface area contributed by atoms with Crippen LogP contribution in [0.5, 0.6) is 0 Å². The Balaban J connectivity index is 1.83. The lowest BCUT2D eigenvalue weighted by Gasteiger charge is -2.26. The van der Waals surface area contributed by atoms with Gasteiger partial charge >= 0.3 is 0 Å². The maximum Gasteiger partial charge on any atom is 0.141 e. The molecule has 1 N–H and O–H groups in total. The summed E-state index contributed by atoms with van der Waals surface area (Å²) in [7, 11) is 0. The second-order valence-electron chi connectivity index (χ2n) is 5.74. The van der Waals surface area contributed by atoms with Crippen molar-refractivity contribution in [3.8, 4) is 0 Å². The molecule has 0 saturated heterocycles. The Hall–Kier alpha value is -1.46. The quantitative estimate of drug-likeness (QED) is 0.885. The molecular formula is C16H20N4S. The number of hydrogen-bond donors (Lipinski definition) is 1. The van der Waals surface area contributed by atoms with E-state index in [0.29, 0.717) is 6.04 Å². The van der Waals surface area contributed by atoms with Gasteiger partial charge in [-0.05, 0) is 24.9 Å². The van der Waals surface area contributed by atoms with Gasteiger partial charge in [0, 0.05) is 24.0 Å². The van der Waals surface area contributed by atoms with E-state index in [-0.39, 0.29) is 0 Å². The van der Waals surface area contributed by atoms with Crippen molar-refractivity contribution >= 4 is 27.4 Å². The van der Waals surface area contributed by atoms with Crippen molar-refractivity contribution in [2.24, 2.45) is 0 Å². The van der Waals surface area contributed by atoms with Crippen molar-refractivity contribution in [1.82, 2.24) is 15.3 Å². The zero-order valence-corrected chi connectivity index (χ0v) is 13.1. The lowest BCUT2D eigenvalue weighted by Crippen LogP contribution is -2.31. The molecule has 4 rings (SSSR count). The van der Waals surface area contributed by atoms with Crippen molar-refractivity contribution in [3.63, 3.8) is 0 Å². The summed E-state index contributed by atoms with van der Waals surface area (Å²) in [6.45, 7) is 5.26. The number of rotatable bonds is 3. The van der Waals surface area contributed by atoms with Gasteiger partial charge in [0.05, 0.1) is 5.39 Å². The van der Waals surface area contributed by atoms with E-state index >= 15 is 0 Å². The Labute approximate surface area is 128 Å². The lowest BCUT2D eigenvalue weighted by molar-refractivity contribution is 0.654. The highest BCUT2D eigenvalue weighted by Gasteiger charge is 2.26. The zero-order valence-electron chi connectivity index (χ0n) is 12.3. The lowest BCUT2D eigenvalue weighted by atomic mass is 10.1. The number of aromatic nitrogens is 2. The second kappa shape index (κ2) is 5.39. The molecule has 0 amide bonds. The summed E-state index contributed by atoms with van der Waals surface area (Å²) in [5, 5.41) is 4.77. The standard InChI is InChI=1S/C16H20N4S/c1-2-4-11-5-3-8-20(11)15-14-12-6-7-17-9-13(12)21-16(14)19-10-18-15/h3,5,10-11,17H,2,4,6-9H2,1H3/t11-/m0/s1. The molecule has 4 nitrogen and oxygen atoms in total. The molecule has 0 spiro atoms. The Morgan fingerprint density at radius 2 is 2.38 bits per heavy atom. The van der Waals surface area contributed by atoms with Gasteiger partial charge in [0.25, 0.3) is 0 Å². The van der Waals surface area contributed by atoms with E-state index < -0.39 is 0 Å². The first-order valence-corrected chi connectivity index (χ1v) is 8.59. The predicted octanol–water partition coefficient (Wildman–Crippen LogP) is 2.88. The first-order valence-electron chi connectivity index (χ1n) is 7.77. The van der Waals surface area contributed by atoms with Crippen LogP contribution in [0.2, 0.25) is 0 Å². The third-order valence-electron chi connectivity index (χ3n) is 4.41. The largest absolute Gasteiger partial charge is 0.346 e. The molecule has 0 fully saturated rings. The minimum atomic E-state index is 0.491. The molecule has 2 aromatic rings. The predicted molar refractivity (Wildman–Crippen MR) is 88.0 cm³/mol. The third kappa shape index (κ3) is 2.15. The van der Waals surface area contributed by atoms with E-state index in [1.807, 2.05) is 11.3 Å². The summed E-state index contributed by atoms with van der Waals surface area (Å²) < 4.78 is 0. The highest BCUT2D eigenvalue weighted by molar-refractivity contribution is 7.19. The van der Waals surface area contributed by atoms with Crippen LogP contribution in [0.25, 0.3) is 10.2 Å². The first kappa shape index (κ1) is 13.2. The number of nitrogens with one attached hydrogen (secondary N) is 1. The van der Waals surface area contributed by atoms with Crippen LogP contribution in [0, 0.1) is 0 Å². The zero-order chi connectivity index (χ0) is 14.2. The summed E-state index contributed by atoms with van der Waals surface area (Å²) >= 11 is 1.83. The molecule has 0 aliphatic carbocycles. The number of nitrogens with zero attached hydrogens (tertiary/aromatic N) is 3. The molecule has 110 valence electrons. The van der Waals surface area contributed by atoms with Crippen molar-refractivity contribution in [2.75, 3.05) is 18.0 Å². The fourth-order valence-corrected chi connectivity index (χ4v) is 4.57. The van der Waals surface area contributed by atoms with Crippen molar-refractivity contribution in [2.45, 2.75) is 38.8 Å². The molecule has 2 aliphatic heterocycles. The van der Waals surface area contributed by atoms with Crippen molar-refractivity contribution in [1.29, 1.82) is 0 Å². The SMILES string of the molecule is CCC[C@H]1C=CCN1c1ncnc2sc3c(c12)CCNC3. The molecule has 0 radical (unpaired) electrons. The Morgan fingerprint density at radius 1 is 1.43 bits per heavy atom. The van der Waals surface area contributed by atoms with Gasteiger partial charge in [0.1, 0.15) is 17.0 Å². The molecule has 1 atom stereocenters. The number of fused-ring (bicyclic) bond motifs is 3. The van der Waals surface area contributed by atoms with E-state index in [1.54, 1.807) is 6.33 Å². The van der Waals surface area contributed by atoms with Crippen LogP contribution in [-0.4, -0.2) is 29.1 Å². The van der Waals surface area contributed by atoms with Crippen LogP contribution in [0.4, 0.5) is 5.82 Å². The first-order chi connectivity index (χ1) is 10.4. The Morgan fingerprint density at radius 3 is 3.29 bits per heavy atom. The molecule has 4 heterocycles. The van der Waals surface area contributed by atoms with Gasteiger partial charge < -0.3 is 10.2 Å². The summed E-state index contributed by atoms with van der Waals surface area (Å²) in [4.78, 5) is 14.2. The van der Waals surface area contributed by atoms with Gasteiger partial charge in [0.2, 0.25) is 0 Å². The Bertz CT molecular complexity index is 691. The summed E-state index contributed by atoms with van der Waals surface area (Å²) in [5.74, 6) is 1.14. The van der Waals surface area contributed by atoms with Gasteiger partial charge in [-0.25, -0.2) is 9.97 Å². The minimum Gasteiger partial charge on any atom is -0.346 e. The highest BCUT2D eigenvalue weighted by Crippen LogP contribution is 2.38. The fraction of sp³-hybridized carbons (Fsp3) is 0.500. The van der Waals surface area contributed by atoms with E-state index in [1.165, 1.54) is 28.7 Å². The van der Waals surface area contributed by atoms with Crippen LogP contribution >= 0.6 is 11.3 Å². The smallest absolute Gasteiger partial charge is 0.141 e. The van der Waals surface area contributed by atoms with Crippen LogP contribution in [0.3, 0.4) is 0 Å². The van der Waals surface area contributed by atoms with E-state index in [9.17, 15) is 0 Å². The molecule has 0 bridgehead atoms. The van der Waals surface area contributed by atoms with E-state index in [2.05, 4.69) is 39.3 Å². The van der Waals surface area contributed by atoms with Crippen LogP contribution in [0.15, 0.2) is 18.5 Å². The van der Waals surface area contributed by atoms with Gasteiger partial charge in [-0.1, -0.05) is 25.5 Å². The molecular weight excluding hydrogens is 280 g/mol. The third-order valence-corrected chi connectivity index (χ3v) is 5.55. The maximum absolute atomic E-state index is 4.66. The van der Waals surface area contributed by atoms with Gasteiger partial charge in [-0.2, -0.15) is 0 Å². The van der Waals surface area contributed by atoms with Gasteiger partial charge in [-0.3, -0.25) is 0 Å². The molecule has 21 heavy (non-hydrogen) atoms. The summed E-state index contributed by atoms with van der Waals surface area (Å²) in [6.07, 6.45) is 9.82. The molecule has 2 aromatic heterocycles. The van der Waals surface area contributed by atoms with E-state index in [4.69, 9.17) is 0 Å². The summed E-state index contributed by atoms with van der Waals surface area (Å²) in [5.41, 5.74) is 1.48. The molecule has 0 saturated carbocycles. The summed E-state index contributed by atoms with van der Waals surface area (Å²) in [6, 6.07) is 0.491. The second-order valence-corrected chi connectivity index (χ2v) is 6.83. The number of thiophene rings is 1. The molecule has 2 aliphatic rings. The molecule has 5 heteroatoms. The fourth-order valence-electron chi connectivity index (χ4n) is 3.42. The molecule has 0 aromatic carbocycles. The monoisotopic (exact) mass is 300 g/mol. The average molecular weight is 300 g/mol. The maximum atomic E-state index is 4.66. The minimum absolute atomic E-state index is 0.491. The average Bonchev–Trinajstić information content (AvgIpc) is 3.11. The Kier molecular flexibility index (Phi) is 3.39. The molecule has 0 unspecified atom stereocenters. The highest BCUT2D eigenvalue weighted by atomic mass is 32.1. The number of hydrogen-bond acceptors (Lipinski definition) is 5. The topological polar surface area (TPSA) is 41.1 Å². The number of anilines is 1. The van der Waals surface area contributed by atoms with Crippen molar-refractivity contribution in [3.05, 3.63) is 28.9 Å². The van der Waals surface area contributed by atoms with Gasteiger partial charge in [0.15, 0.2) is 0 Å². The van der Waals surface area contributed by atoms with Crippen LogP contribution in [-0.2, 0) is 13.0 Å².